The smallest absolute Gasteiger partial charge is 0.0619 e. The van der Waals surface area contributed by atoms with E-state index in [1.54, 1.807) is 0 Å². The minimum Gasteiger partial charge on any atom is -0.380 e. The molecule has 1 atom stereocenters. The Hall–Kier alpha value is -0.160. The lowest BCUT2D eigenvalue weighted by atomic mass is 10.1. The topological polar surface area (TPSA) is 33.7 Å². The lowest BCUT2D eigenvalue weighted by molar-refractivity contribution is 0.0367. The SMILES string of the molecule is C1COCC(NCCCN2CCOCC2)C1. The van der Waals surface area contributed by atoms with Crippen LogP contribution in [0.5, 0.6) is 0 Å². The van der Waals surface area contributed by atoms with Gasteiger partial charge in [-0.05, 0) is 32.4 Å². The molecule has 0 saturated carbocycles. The predicted octanol–water partition coefficient (Wildman–Crippen LogP) is 0.477. The largest absolute Gasteiger partial charge is 0.380 e. The van der Waals surface area contributed by atoms with Crippen LogP contribution in [0.1, 0.15) is 19.3 Å². The molecule has 16 heavy (non-hydrogen) atoms. The van der Waals surface area contributed by atoms with Gasteiger partial charge in [-0.1, -0.05) is 0 Å². The summed E-state index contributed by atoms with van der Waals surface area (Å²) < 4.78 is 10.8. The van der Waals surface area contributed by atoms with Gasteiger partial charge in [-0.2, -0.15) is 0 Å². The summed E-state index contributed by atoms with van der Waals surface area (Å²) in [6.45, 7) is 8.19. The molecule has 0 aliphatic carbocycles. The highest BCUT2D eigenvalue weighted by Crippen LogP contribution is 2.05. The first-order chi connectivity index (χ1) is 7.95. The van der Waals surface area contributed by atoms with Crippen molar-refractivity contribution in [3.05, 3.63) is 0 Å². The third-order valence-electron chi connectivity index (χ3n) is 3.35. The molecule has 4 nitrogen and oxygen atoms in total. The Labute approximate surface area is 98.3 Å². The first-order valence-electron chi connectivity index (χ1n) is 6.56. The van der Waals surface area contributed by atoms with E-state index in [-0.39, 0.29) is 0 Å². The van der Waals surface area contributed by atoms with Crippen molar-refractivity contribution in [1.29, 1.82) is 0 Å². The molecule has 0 aromatic rings. The van der Waals surface area contributed by atoms with Crippen molar-refractivity contribution in [3.8, 4) is 0 Å². The van der Waals surface area contributed by atoms with Gasteiger partial charge < -0.3 is 14.8 Å². The number of nitrogens with one attached hydrogen (secondary N) is 1. The molecule has 0 spiro atoms. The number of nitrogens with zero attached hydrogens (tertiary/aromatic N) is 1. The van der Waals surface area contributed by atoms with E-state index in [1.165, 1.54) is 25.8 Å². The summed E-state index contributed by atoms with van der Waals surface area (Å²) in [5.74, 6) is 0. The Morgan fingerprint density at radius 2 is 2.00 bits per heavy atom. The van der Waals surface area contributed by atoms with E-state index < -0.39 is 0 Å². The van der Waals surface area contributed by atoms with Crippen LogP contribution in [0, 0.1) is 0 Å². The summed E-state index contributed by atoms with van der Waals surface area (Å²) in [4.78, 5) is 2.49. The molecule has 2 aliphatic heterocycles. The minimum atomic E-state index is 0.596. The van der Waals surface area contributed by atoms with Crippen LogP contribution in [0.3, 0.4) is 0 Å². The van der Waals surface area contributed by atoms with Crippen molar-refractivity contribution in [3.63, 3.8) is 0 Å². The van der Waals surface area contributed by atoms with Gasteiger partial charge in [0.05, 0.1) is 19.8 Å². The van der Waals surface area contributed by atoms with E-state index in [4.69, 9.17) is 9.47 Å². The predicted molar refractivity (Wildman–Crippen MR) is 63.7 cm³/mol. The van der Waals surface area contributed by atoms with Crippen LogP contribution >= 0.6 is 0 Å². The zero-order chi connectivity index (χ0) is 11.1. The van der Waals surface area contributed by atoms with Gasteiger partial charge in [0.15, 0.2) is 0 Å². The van der Waals surface area contributed by atoms with Crippen LogP contribution in [0.15, 0.2) is 0 Å². The summed E-state index contributed by atoms with van der Waals surface area (Å²) >= 11 is 0. The third kappa shape index (κ3) is 4.37. The molecule has 2 fully saturated rings. The van der Waals surface area contributed by atoms with Crippen molar-refractivity contribution >= 4 is 0 Å². The fourth-order valence-electron chi connectivity index (χ4n) is 2.34. The van der Waals surface area contributed by atoms with Gasteiger partial charge in [0.1, 0.15) is 0 Å². The molecule has 0 radical (unpaired) electrons. The lowest BCUT2D eigenvalue weighted by Gasteiger charge is -2.27. The fraction of sp³-hybridized carbons (Fsp3) is 1.00. The first kappa shape index (κ1) is 12.3. The summed E-state index contributed by atoms with van der Waals surface area (Å²) in [5, 5.41) is 3.58. The summed E-state index contributed by atoms with van der Waals surface area (Å²) in [5.41, 5.74) is 0. The quantitative estimate of drug-likeness (QED) is 0.694. The third-order valence-corrected chi connectivity index (χ3v) is 3.35. The number of rotatable bonds is 5. The Bertz CT molecular complexity index is 158. The molecule has 2 aliphatic rings. The zero-order valence-corrected chi connectivity index (χ0v) is 10.1. The molecule has 2 rings (SSSR count). The second kappa shape index (κ2) is 7.22. The van der Waals surface area contributed by atoms with Crippen LogP contribution in [-0.4, -0.2) is 63.5 Å². The summed E-state index contributed by atoms with van der Waals surface area (Å²) in [6.07, 6.45) is 3.72. The highest BCUT2D eigenvalue weighted by atomic mass is 16.5. The zero-order valence-electron chi connectivity index (χ0n) is 10.1. The van der Waals surface area contributed by atoms with Crippen molar-refractivity contribution < 1.29 is 9.47 Å². The van der Waals surface area contributed by atoms with Crippen LogP contribution in [0.2, 0.25) is 0 Å². The molecule has 0 aromatic heterocycles. The number of morpholine rings is 1. The Morgan fingerprint density at radius 1 is 1.12 bits per heavy atom. The van der Waals surface area contributed by atoms with Gasteiger partial charge in [0.25, 0.3) is 0 Å². The van der Waals surface area contributed by atoms with E-state index in [1.807, 2.05) is 0 Å². The lowest BCUT2D eigenvalue weighted by Crippen LogP contribution is -2.40. The standard InChI is InChI=1S/C12H24N2O2/c1-3-12(11-16-8-1)13-4-2-5-14-6-9-15-10-7-14/h12-13H,1-11H2. The van der Waals surface area contributed by atoms with Crippen LogP contribution in [0.4, 0.5) is 0 Å². The van der Waals surface area contributed by atoms with Crippen LogP contribution in [-0.2, 0) is 9.47 Å². The van der Waals surface area contributed by atoms with Crippen molar-refractivity contribution in [2.75, 3.05) is 52.6 Å². The summed E-state index contributed by atoms with van der Waals surface area (Å²) in [7, 11) is 0. The van der Waals surface area contributed by atoms with Gasteiger partial charge in [-0.25, -0.2) is 0 Å². The van der Waals surface area contributed by atoms with Gasteiger partial charge in [-0.15, -0.1) is 0 Å². The maximum absolute atomic E-state index is 5.44. The number of hydrogen-bond donors (Lipinski definition) is 1. The monoisotopic (exact) mass is 228 g/mol. The molecule has 4 heteroatoms. The first-order valence-corrected chi connectivity index (χ1v) is 6.56. The van der Waals surface area contributed by atoms with E-state index in [0.717, 1.165) is 46.1 Å². The minimum absolute atomic E-state index is 0.596. The van der Waals surface area contributed by atoms with E-state index in [9.17, 15) is 0 Å². The fourth-order valence-corrected chi connectivity index (χ4v) is 2.34. The van der Waals surface area contributed by atoms with E-state index in [2.05, 4.69) is 10.2 Å². The molecule has 94 valence electrons. The van der Waals surface area contributed by atoms with Gasteiger partial charge in [-0.3, -0.25) is 4.90 Å². The van der Waals surface area contributed by atoms with Crippen LogP contribution in [0.25, 0.3) is 0 Å². The number of hydrogen-bond acceptors (Lipinski definition) is 4. The molecular formula is C12H24N2O2. The van der Waals surface area contributed by atoms with Crippen molar-refractivity contribution in [1.82, 2.24) is 10.2 Å². The Morgan fingerprint density at radius 3 is 2.75 bits per heavy atom. The molecule has 1 unspecified atom stereocenters. The highest BCUT2D eigenvalue weighted by Gasteiger charge is 2.13. The molecule has 2 heterocycles. The molecule has 0 aromatic carbocycles. The molecule has 0 amide bonds. The molecule has 0 bridgehead atoms. The molecule has 1 N–H and O–H groups in total. The normalized spacial score (nSPS) is 28.1. The van der Waals surface area contributed by atoms with Crippen LogP contribution < -0.4 is 5.32 Å². The molecule has 2 saturated heterocycles. The number of ether oxygens (including phenoxy) is 2. The molecular weight excluding hydrogens is 204 g/mol. The second-order valence-corrected chi connectivity index (χ2v) is 4.68. The van der Waals surface area contributed by atoms with E-state index >= 15 is 0 Å². The van der Waals surface area contributed by atoms with Gasteiger partial charge in [0, 0.05) is 25.7 Å². The maximum Gasteiger partial charge on any atom is 0.0619 e. The van der Waals surface area contributed by atoms with E-state index in [0.29, 0.717) is 6.04 Å². The van der Waals surface area contributed by atoms with Crippen molar-refractivity contribution in [2.45, 2.75) is 25.3 Å². The Kier molecular flexibility index (Phi) is 5.55. The average Bonchev–Trinajstić information content (AvgIpc) is 2.37. The summed E-state index contributed by atoms with van der Waals surface area (Å²) in [6, 6.07) is 0.596. The van der Waals surface area contributed by atoms with Gasteiger partial charge in [0.2, 0.25) is 0 Å². The average molecular weight is 228 g/mol. The Balaban J connectivity index is 1.47. The van der Waals surface area contributed by atoms with Crippen molar-refractivity contribution in [2.24, 2.45) is 0 Å². The highest BCUT2D eigenvalue weighted by molar-refractivity contribution is 4.70. The second-order valence-electron chi connectivity index (χ2n) is 4.68. The maximum atomic E-state index is 5.44. The van der Waals surface area contributed by atoms with Gasteiger partial charge >= 0.3 is 0 Å².